The Hall–Kier alpha value is -2.01. The zero-order valence-corrected chi connectivity index (χ0v) is 13.4. The number of thioether (sulfide) groups is 1. The molecule has 1 amide bonds. The number of fused-ring (bicyclic) bond motifs is 1. The van der Waals surface area contributed by atoms with Crippen molar-refractivity contribution >= 4 is 17.7 Å². The second-order valence-corrected chi connectivity index (χ2v) is 6.52. The maximum absolute atomic E-state index is 12.8. The van der Waals surface area contributed by atoms with E-state index in [-0.39, 0.29) is 17.8 Å². The van der Waals surface area contributed by atoms with E-state index in [2.05, 4.69) is 5.32 Å². The van der Waals surface area contributed by atoms with E-state index in [1.165, 1.54) is 12.1 Å². The summed E-state index contributed by atoms with van der Waals surface area (Å²) in [7, 11) is 0. The lowest BCUT2D eigenvalue weighted by molar-refractivity contribution is -0.121. The van der Waals surface area contributed by atoms with Crippen LogP contribution in [-0.4, -0.2) is 18.3 Å². The average Bonchev–Trinajstić information content (AvgIpc) is 2.57. The highest BCUT2D eigenvalue weighted by Gasteiger charge is 2.22. The number of hydrogen-bond donors (Lipinski definition) is 1. The molecule has 1 heterocycles. The number of carbonyl (C=O) groups is 1. The molecule has 1 atom stereocenters. The summed E-state index contributed by atoms with van der Waals surface area (Å²) in [5, 5.41) is 3.08. The molecule has 0 bridgehead atoms. The SMILES string of the molecule is O=C(CCSc1ccc(F)cc1)N[C@H]1CCOc2ccccc21. The molecule has 0 saturated carbocycles. The predicted octanol–water partition coefficient (Wildman–Crippen LogP) is 3.95. The van der Waals surface area contributed by atoms with Gasteiger partial charge in [-0.2, -0.15) is 0 Å². The van der Waals surface area contributed by atoms with Gasteiger partial charge >= 0.3 is 0 Å². The Morgan fingerprint density at radius 1 is 1.22 bits per heavy atom. The molecule has 120 valence electrons. The number of hydrogen-bond acceptors (Lipinski definition) is 3. The van der Waals surface area contributed by atoms with Gasteiger partial charge in [0.15, 0.2) is 0 Å². The van der Waals surface area contributed by atoms with Crippen LogP contribution < -0.4 is 10.1 Å². The van der Waals surface area contributed by atoms with E-state index in [1.807, 2.05) is 24.3 Å². The molecule has 0 fully saturated rings. The zero-order chi connectivity index (χ0) is 16.1. The Morgan fingerprint density at radius 3 is 2.83 bits per heavy atom. The van der Waals surface area contributed by atoms with E-state index >= 15 is 0 Å². The van der Waals surface area contributed by atoms with E-state index in [4.69, 9.17) is 4.74 Å². The van der Waals surface area contributed by atoms with Crippen LogP contribution in [0.5, 0.6) is 5.75 Å². The summed E-state index contributed by atoms with van der Waals surface area (Å²) in [5.41, 5.74) is 1.04. The van der Waals surface area contributed by atoms with Crippen LogP contribution in [0.25, 0.3) is 0 Å². The lowest BCUT2D eigenvalue weighted by Crippen LogP contribution is -2.32. The van der Waals surface area contributed by atoms with E-state index in [1.54, 1.807) is 23.9 Å². The van der Waals surface area contributed by atoms with Gasteiger partial charge in [-0.3, -0.25) is 4.79 Å². The minimum Gasteiger partial charge on any atom is -0.493 e. The summed E-state index contributed by atoms with van der Waals surface area (Å²) >= 11 is 1.55. The second-order valence-electron chi connectivity index (χ2n) is 5.35. The number of nitrogens with one attached hydrogen (secondary N) is 1. The van der Waals surface area contributed by atoms with E-state index in [0.717, 1.165) is 22.6 Å². The molecule has 1 N–H and O–H groups in total. The van der Waals surface area contributed by atoms with Gasteiger partial charge in [-0.05, 0) is 30.3 Å². The monoisotopic (exact) mass is 331 g/mol. The minimum absolute atomic E-state index is 0.0169. The molecule has 0 spiro atoms. The van der Waals surface area contributed by atoms with Gasteiger partial charge in [0.2, 0.25) is 5.91 Å². The second kappa shape index (κ2) is 7.51. The van der Waals surface area contributed by atoms with Crippen LogP contribution in [0.1, 0.15) is 24.4 Å². The Labute approximate surface area is 139 Å². The summed E-state index contributed by atoms with van der Waals surface area (Å²) in [6, 6.07) is 14.1. The molecule has 1 aliphatic heterocycles. The summed E-state index contributed by atoms with van der Waals surface area (Å²) < 4.78 is 18.4. The molecule has 2 aromatic carbocycles. The Balaban J connectivity index is 1.49. The Bertz CT molecular complexity index is 675. The van der Waals surface area contributed by atoms with Crippen molar-refractivity contribution in [1.82, 2.24) is 5.32 Å². The third-order valence-corrected chi connectivity index (χ3v) is 4.72. The molecule has 0 saturated heterocycles. The van der Waals surface area contributed by atoms with Crippen molar-refractivity contribution in [3.63, 3.8) is 0 Å². The maximum atomic E-state index is 12.8. The fraction of sp³-hybridized carbons (Fsp3) is 0.278. The number of amides is 1. The lowest BCUT2D eigenvalue weighted by atomic mass is 10.0. The Morgan fingerprint density at radius 2 is 2.00 bits per heavy atom. The summed E-state index contributed by atoms with van der Waals surface area (Å²) in [6.07, 6.45) is 1.22. The van der Waals surface area contributed by atoms with Crippen molar-refractivity contribution < 1.29 is 13.9 Å². The summed E-state index contributed by atoms with van der Waals surface area (Å²) in [4.78, 5) is 13.1. The molecule has 2 aromatic rings. The highest BCUT2D eigenvalue weighted by atomic mass is 32.2. The average molecular weight is 331 g/mol. The van der Waals surface area contributed by atoms with Gasteiger partial charge in [0, 0.05) is 29.1 Å². The predicted molar refractivity (Wildman–Crippen MR) is 89.2 cm³/mol. The van der Waals surface area contributed by atoms with Crippen LogP contribution in [0.3, 0.4) is 0 Å². The number of rotatable bonds is 5. The van der Waals surface area contributed by atoms with Crippen molar-refractivity contribution in [1.29, 1.82) is 0 Å². The van der Waals surface area contributed by atoms with Gasteiger partial charge in [0.1, 0.15) is 11.6 Å². The molecular weight excluding hydrogens is 313 g/mol. The molecule has 5 heteroatoms. The molecular formula is C18H18FNO2S. The number of carbonyl (C=O) groups excluding carboxylic acids is 1. The van der Waals surface area contributed by atoms with E-state index in [0.29, 0.717) is 18.8 Å². The van der Waals surface area contributed by atoms with Crippen LogP contribution in [0.2, 0.25) is 0 Å². The van der Waals surface area contributed by atoms with E-state index in [9.17, 15) is 9.18 Å². The number of para-hydroxylation sites is 1. The molecule has 0 unspecified atom stereocenters. The van der Waals surface area contributed by atoms with Crippen LogP contribution in [-0.2, 0) is 4.79 Å². The summed E-state index contributed by atoms with van der Waals surface area (Å²) in [6.45, 7) is 0.617. The molecule has 0 aliphatic carbocycles. The van der Waals surface area contributed by atoms with Crippen LogP contribution in [0.4, 0.5) is 4.39 Å². The maximum Gasteiger partial charge on any atom is 0.221 e. The third kappa shape index (κ3) is 4.26. The van der Waals surface area contributed by atoms with Crippen molar-refractivity contribution in [2.75, 3.05) is 12.4 Å². The van der Waals surface area contributed by atoms with Crippen LogP contribution in [0.15, 0.2) is 53.4 Å². The van der Waals surface area contributed by atoms with Crippen molar-refractivity contribution in [3.05, 3.63) is 59.9 Å². The van der Waals surface area contributed by atoms with Crippen LogP contribution in [0, 0.1) is 5.82 Å². The zero-order valence-electron chi connectivity index (χ0n) is 12.6. The van der Waals surface area contributed by atoms with Gasteiger partial charge in [-0.1, -0.05) is 18.2 Å². The number of ether oxygens (including phenoxy) is 1. The van der Waals surface area contributed by atoms with Gasteiger partial charge in [-0.15, -0.1) is 11.8 Å². The molecule has 0 aromatic heterocycles. The van der Waals surface area contributed by atoms with Gasteiger partial charge in [-0.25, -0.2) is 4.39 Å². The van der Waals surface area contributed by atoms with E-state index < -0.39 is 0 Å². The first-order chi connectivity index (χ1) is 11.2. The highest BCUT2D eigenvalue weighted by molar-refractivity contribution is 7.99. The number of benzene rings is 2. The quantitative estimate of drug-likeness (QED) is 0.843. The standard InChI is InChI=1S/C18H18FNO2S/c19-13-5-7-14(8-6-13)23-12-10-18(21)20-16-9-11-22-17-4-2-1-3-15(16)17/h1-8,16H,9-12H2,(H,20,21)/t16-/m0/s1. The van der Waals surface area contributed by atoms with Crippen molar-refractivity contribution in [2.24, 2.45) is 0 Å². The molecule has 3 nitrogen and oxygen atoms in total. The van der Waals surface area contributed by atoms with Crippen molar-refractivity contribution in [2.45, 2.75) is 23.8 Å². The highest BCUT2D eigenvalue weighted by Crippen LogP contribution is 2.31. The lowest BCUT2D eigenvalue weighted by Gasteiger charge is -2.26. The smallest absolute Gasteiger partial charge is 0.221 e. The van der Waals surface area contributed by atoms with Gasteiger partial charge in [0.25, 0.3) is 0 Å². The van der Waals surface area contributed by atoms with Crippen molar-refractivity contribution in [3.8, 4) is 5.75 Å². The Kier molecular flexibility index (Phi) is 5.18. The number of halogens is 1. The first-order valence-corrected chi connectivity index (χ1v) is 8.60. The molecule has 1 aliphatic rings. The first kappa shape index (κ1) is 15.9. The molecule has 23 heavy (non-hydrogen) atoms. The summed E-state index contributed by atoms with van der Waals surface area (Å²) in [5.74, 6) is 1.30. The fourth-order valence-electron chi connectivity index (χ4n) is 2.55. The van der Waals surface area contributed by atoms with Gasteiger partial charge in [0.05, 0.1) is 12.6 Å². The fourth-order valence-corrected chi connectivity index (χ4v) is 3.40. The normalized spacial score (nSPS) is 16.3. The van der Waals surface area contributed by atoms with Crippen LogP contribution >= 0.6 is 11.8 Å². The largest absolute Gasteiger partial charge is 0.493 e. The first-order valence-electron chi connectivity index (χ1n) is 7.62. The minimum atomic E-state index is -0.245. The van der Waals surface area contributed by atoms with Gasteiger partial charge < -0.3 is 10.1 Å². The molecule has 3 rings (SSSR count). The molecule has 0 radical (unpaired) electrons. The third-order valence-electron chi connectivity index (χ3n) is 3.71. The topological polar surface area (TPSA) is 38.3 Å².